The summed E-state index contributed by atoms with van der Waals surface area (Å²) in [7, 11) is 0. The average molecular weight is 223 g/mol. The molecule has 5 nitrogen and oxygen atoms in total. The van der Waals surface area contributed by atoms with Gasteiger partial charge in [0.1, 0.15) is 0 Å². The van der Waals surface area contributed by atoms with E-state index in [4.69, 9.17) is 9.63 Å². The van der Waals surface area contributed by atoms with E-state index in [0.29, 0.717) is 11.8 Å². The van der Waals surface area contributed by atoms with Gasteiger partial charge in [-0.25, -0.2) is 0 Å². The maximum absolute atomic E-state index is 9.06. The second-order valence-corrected chi connectivity index (χ2v) is 4.89. The highest BCUT2D eigenvalue weighted by molar-refractivity contribution is 5.03. The van der Waals surface area contributed by atoms with E-state index in [0.717, 1.165) is 37.8 Å². The predicted octanol–water partition coefficient (Wildman–Crippen LogP) is 0.761. The summed E-state index contributed by atoms with van der Waals surface area (Å²) in [5, 5.41) is 13.1. The van der Waals surface area contributed by atoms with Gasteiger partial charge in [0.25, 0.3) is 0 Å². The van der Waals surface area contributed by atoms with Gasteiger partial charge in [0.15, 0.2) is 5.82 Å². The van der Waals surface area contributed by atoms with Gasteiger partial charge in [0.05, 0.1) is 6.54 Å². The molecule has 1 unspecified atom stereocenters. The summed E-state index contributed by atoms with van der Waals surface area (Å²) in [4.78, 5) is 6.67. The topological polar surface area (TPSA) is 62.4 Å². The Morgan fingerprint density at radius 2 is 2.25 bits per heavy atom. The monoisotopic (exact) mass is 223 g/mol. The highest BCUT2D eigenvalue weighted by Crippen LogP contribution is 2.38. The lowest BCUT2D eigenvalue weighted by Crippen LogP contribution is -2.21. The van der Waals surface area contributed by atoms with E-state index in [9.17, 15) is 0 Å². The number of aliphatic hydroxyl groups is 1. The maximum Gasteiger partial charge on any atom is 0.240 e. The van der Waals surface area contributed by atoms with Crippen LogP contribution in [0.5, 0.6) is 0 Å². The molecule has 1 saturated heterocycles. The Morgan fingerprint density at radius 3 is 2.94 bits per heavy atom. The number of rotatable bonds is 4. The van der Waals surface area contributed by atoms with Crippen molar-refractivity contribution in [2.45, 2.75) is 31.7 Å². The lowest BCUT2D eigenvalue weighted by atomic mass is 10.1. The van der Waals surface area contributed by atoms with Crippen LogP contribution in [-0.2, 0) is 6.54 Å². The summed E-state index contributed by atoms with van der Waals surface area (Å²) in [6.07, 6.45) is 3.48. The molecular formula is C11H17N3O2. The third kappa shape index (κ3) is 2.10. The lowest BCUT2D eigenvalue weighted by molar-refractivity contribution is 0.211. The fraction of sp³-hybridized carbons (Fsp3) is 0.818. The molecule has 0 amide bonds. The standard InChI is InChI=1S/C11H17N3O2/c15-7-8-3-4-14(5-8)6-10-12-11(13-16-10)9-1-2-9/h8-9,15H,1-7H2. The minimum absolute atomic E-state index is 0.285. The summed E-state index contributed by atoms with van der Waals surface area (Å²) in [5.41, 5.74) is 0. The third-order valence-corrected chi connectivity index (χ3v) is 3.41. The van der Waals surface area contributed by atoms with Crippen molar-refractivity contribution in [2.24, 2.45) is 5.92 Å². The average Bonchev–Trinajstić information content (AvgIpc) is 2.88. The van der Waals surface area contributed by atoms with E-state index in [1.54, 1.807) is 0 Å². The van der Waals surface area contributed by atoms with Gasteiger partial charge in [-0.15, -0.1) is 0 Å². The van der Waals surface area contributed by atoms with Crippen LogP contribution in [0.3, 0.4) is 0 Å². The smallest absolute Gasteiger partial charge is 0.240 e. The molecule has 1 aromatic rings. The van der Waals surface area contributed by atoms with Crippen LogP contribution in [0.15, 0.2) is 4.52 Å². The van der Waals surface area contributed by atoms with E-state index < -0.39 is 0 Å². The molecule has 0 bridgehead atoms. The van der Waals surface area contributed by atoms with Crippen LogP contribution in [-0.4, -0.2) is 39.8 Å². The van der Waals surface area contributed by atoms with E-state index in [2.05, 4.69) is 15.0 Å². The van der Waals surface area contributed by atoms with Gasteiger partial charge >= 0.3 is 0 Å². The minimum Gasteiger partial charge on any atom is -0.396 e. The number of aromatic nitrogens is 2. The Bertz CT molecular complexity index is 362. The first-order chi connectivity index (χ1) is 7.85. The van der Waals surface area contributed by atoms with E-state index in [-0.39, 0.29) is 6.61 Å². The Labute approximate surface area is 94.4 Å². The van der Waals surface area contributed by atoms with Gasteiger partial charge in [0.2, 0.25) is 5.89 Å². The number of nitrogens with zero attached hydrogens (tertiary/aromatic N) is 3. The molecular weight excluding hydrogens is 206 g/mol. The molecule has 0 aromatic carbocycles. The second-order valence-electron chi connectivity index (χ2n) is 4.89. The Morgan fingerprint density at radius 1 is 1.38 bits per heavy atom. The fourth-order valence-corrected chi connectivity index (χ4v) is 2.24. The molecule has 1 aliphatic heterocycles. The SMILES string of the molecule is OCC1CCN(Cc2nc(C3CC3)no2)C1. The summed E-state index contributed by atoms with van der Waals surface area (Å²) < 4.78 is 5.23. The highest BCUT2D eigenvalue weighted by atomic mass is 16.5. The van der Waals surface area contributed by atoms with Crippen LogP contribution in [0.2, 0.25) is 0 Å². The first kappa shape index (κ1) is 10.2. The molecule has 3 rings (SSSR count). The molecule has 2 aliphatic rings. The van der Waals surface area contributed by atoms with E-state index in [1.807, 2.05) is 0 Å². The van der Waals surface area contributed by atoms with Crippen LogP contribution in [0.4, 0.5) is 0 Å². The first-order valence-corrected chi connectivity index (χ1v) is 6.01. The molecule has 1 saturated carbocycles. The molecule has 16 heavy (non-hydrogen) atoms. The molecule has 0 radical (unpaired) electrons. The van der Waals surface area contributed by atoms with Crippen LogP contribution < -0.4 is 0 Å². The molecule has 2 fully saturated rings. The predicted molar refractivity (Wildman–Crippen MR) is 56.7 cm³/mol. The second kappa shape index (κ2) is 4.14. The van der Waals surface area contributed by atoms with Gasteiger partial charge in [-0.05, 0) is 31.7 Å². The quantitative estimate of drug-likeness (QED) is 0.816. The van der Waals surface area contributed by atoms with Crippen molar-refractivity contribution in [3.8, 4) is 0 Å². The summed E-state index contributed by atoms with van der Waals surface area (Å²) in [6.45, 7) is 2.98. The number of aliphatic hydroxyl groups excluding tert-OH is 1. The number of likely N-dealkylation sites (tertiary alicyclic amines) is 1. The minimum atomic E-state index is 0.285. The Kier molecular flexibility index (Phi) is 2.65. The van der Waals surface area contributed by atoms with Crippen LogP contribution in [0, 0.1) is 5.92 Å². The Hall–Kier alpha value is -0.940. The van der Waals surface area contributed by atoms with Gasteiger partial charge in [-0.3, -0.25) is 4.90 Å². The maximum atomic E-state index is 9.06. The highest BCUT2D eigenvalue weighted by Gasteiger charge is 2.29. The zero-order valence-corrected chi connectivity index (χ0v) is 9.30. The van der Waals surface area contributed by atoms with Gasteiger partial charge in [-0.2, -0.15) is 4.98 Å². The largest absolute Gasteiger partial charge is 0.396 e. The molecule has 1 N–H and O–H groups in total. The van der Waals surface area contributed by atoms with Crippen LogP contribution in [0.25, 0.3) is 0 Å². The van der Waals surface area contributed by atoms with Crippen molar-refractivity contribution >= 4 is 0 Å². The summed E-state index contributed by atoms with van der Waals surface area (Å²) in [6, 6.07) is 0. The zero-order valence-electron chi connectivity index (χ0n) is 9.30. The molecule has 88 valence electrons. The van der Waals surface area contributed by atoms with E-state index in [1.165, 1.54) is 12.8 Å². The van der Waals surface area contributed by atoms with Crippen molar-refractivity contribution in [1.29, 1.82) is 0 Å². The fourth-order valence-electron chi connectivity index (χ4n) is 2.24. The normalized spacial score (nSPS) is 26.4. The number of hydrogen-bond acceptors (Lipinski definition) is 5. The summed E-state index contributed by atoms with van der Waals surface area (Å²) in [5.74, 6) is 2.58. The van der Waals surface area contributed by atoms with Crippen LogP contribution in [0.1, 0.15) is 36.9 Å². The summed E-state index contributed by atoms with van der Waals surface area (Å²) >= 11 is 0. The number of hydrogen-bond donors (Lipinski definition) is 1. The lowest BCUT2D eigenvalue weighted by Gasteiger charge is -2.11. The van der Waals surface area contributed by atoms with Gasteiger partial charge in [-0.1, -0.05) is 5.16 Å². The third-order valence-electron chi connectivity index (χ3n) is 3.41. The molecule has 0 spiro atoms. The molecule has 1 aliphatic carbocycles. The van der Waals surface area contributed by atoms with Gasteiger partial charge in [0, 0.05) is 19.1 Å². The van der Waals surface area contributed by atoms with Crippen LogP contribution >= 0.6 is 0 Å². The zero-order chi connectivity index (χ0) is 11.0. The molecule has 1 atom stereocenters. The van der Waals surface area contributed by atoms with Crippen molar-refractivity contribution in [3.05, 3.63) is 11.7 Å². The van der Waals surface area contributed by atoms with Crippen molar-refractivity contribution in [2.75, 3.05) is 19.7 Å². The van der Waals surface area contributed by atoms with Crippen molar-refractivity contribution in [1.82, 2.24) is 15.0 Å². The van der Waals surface area contributed by atoms with Crippen molar-refractivity contribution in [3.63, 3.8) is 0 Å². The van der Waals surface area contributed by atoms with Crippen molar-refractivity contribution < 1.29 is 9.63 Å². The first-order valence-electron chi connectivity index (χ1n) is 6.01. The molecule has 5 heteroatoms. The molecule has 2 heterocycles. The molecule has 1 aromatic heterocycles. The van der Waals surface area contributed by atoms with Gasteiger partial charge < -0.3 is 9.63 Å². The Balaban J connectivity index is 1.57. The van der Waals surface area contributed by atoms with E-state index >= 15 is 0 Å².